The van der Waals surface area contributed by atoms with Gasteiger partial charge in [-0.2, -0.15) is 5.10 Å². The lowest BCUT2D eigenvalue weighted by molar-refractivity contribution is -0.117. The Hall–Kier alpha value is -3.21. The number of fused-ring (bicyclic) bond motifs is 1. The van der Waals surface area contributed by atoms with Crippen LogP contribution in [0.5, 0.6) is 0 Å². The number of hydrogen-bond donors (Lipinski definition) is 3. The third kappa shape index (κ3) is 4.56. The lowest BCUT2D eigenvalue weighted by atomic mass is 9.91. The minimum absolute atomic E-state index is 0.0353. The summed E-state index contributed by atoms with van der Waals surface area (Å²) in [5, 5.41) is 23.1. The van der Waals surface area contributed by atoms with Crippen LogP contribution >= 0.6 is 11.3 Å². The third-order valence-electron chi connectivity index (χ3n) is 7.10. The van der Waals surface area contributed by atoms with Crippen molar-refractivity contribution in [1.29, 1.82) is 0 Å². The topological polar surface area (TPSA) is 119 Å². The molecule has 3 aliphatic carbocycles. The van der Waals surface area contributed by atoms with E-state index in [1.54, 1.807) is 22.3 Å². The van der Waals surface area contributed by atoms with Crippen LogP contribution in [0.25, 0.3) is 0 Å². The van der Waals surface area contributed by atoms with E-state index in [1.807, 2.05) is 20.0 Å². The van der Waals surface area contributed by atoms with Gasteiger partial charge < -0.3 is 16.0 Å². The maximum atomic E-state index is 13.3. The second-order valence-electron chi connectivity index (χ2n) is 10.0. The molecule has 3 N–H and O–H groups in total. The largest absolute Gasteiger partial charge is 0.352 e. The summed E-state index contributed by atoms with van der Waals surface area (Å²) in [6.07, 6.45) is 8.40. The van der Waals surface area contributed by atoms with E-state index in [9.17, 15) is 9.59 Å². The third-order valence-corrected chi connectivity index (χ3v) is 8.31. The molecular formula is C24H30N8O2S. The van der Waals surface area contributed by atoms with Gasteiger partial charge in [-0.05, 0) is 63.4 Å². The number of nitrogens with one attached hydrogen (secondary N) is 3. The lowest BCUT2D eigenvalue weighted by Crippen LogP contribution is -2.28. The molecule has 0 radical (unpaired) electrons. The molecule has 0 unspecified atom stereocenters. The van der Waals surface area contributed by atoms with Crippen LogP contribution in [-0.2, 0) is 24.7 Å². The molecule has 184 valence electrons. The second-order valence-corrected chi connectivity index (χ2v) is 11.1. The molecule has 3 aliphatic rings. The summed E-state index contributed by atoms with van der Waals surface area (Å²) in [4.78, 5) is 27.1. The highest BCUT2D eigenvalue weighted by atomic mass is 32.1. The molecule has 35 heavy (non-hydrogen) atoms. The first kappa shape index (κ1) is 22.3. The Balaban J connectivity index is 1.27. The van der Waals surface area contributed by atoms with E-state index in [0.29, 0.717) is 35.4 Å². The Bertz CT molecular complexity index is 1280. The van der Waals surface area contributed by atoms with Gasteiger partial charge in [-0.15, -0.1) is 21.5 Å². The fourth-order valence-electron chi connectivity index (χ4n) is 4.78. The molecule has 0 spiro atoms. The summed E-state index contributed by atoms with van der Waals surface area (Å²) in [7, 11) is 1.89. The van der Waals surface area contributed by atoms with E-state index in [-0.39, 0.29) is 23.8 Å². The van der Waals surface area contributed by atoms with Gasteiger partial charge in [0.05, 0.1) is 11.3 Å². The van der Waals surface area contributed by atoms with E-state index >= 15 is 0 Å². The van der Waals surface area contributed by atoms with Crippen molar-refractivity contribution in [2.45, 2.75) is 57.9 Å². The summed E-state index contributed by atoms with van der Waals surface area (Å²) in [6.45, 7) is 2.65. The predicted molar refractivity (Wildman–Crippen MR) is 133 cm³/mol. The molecular weight excluding hydrogens is 464 g/mol. The predicted octanol–water partition coefficient (Wildman–Crippen LogP) is 3.34. The number of amides is 2. The van der Waals surface area contributed by atoms with Crippen molar-refractivity contribution < 1.29 is 9.59 Å². The number of rotatable bonds is 8. The van der Waals surface area contributed by atoms with Gasteiger partial charge in [-0.1, -0.05) is 0 Å². The van der Waals surface area contributed by atoms with E-state index in [1.165, 1.54) is 17.7 Å². The van der Waals surface area contributed by atoms with Crippen LogP contribution in [0.15, 0.2) is 12.4 Å². The van der Waals surface area contributed by atoms with Crippen LogP contribution in [0, 0.1) is 18.8 Å². The molecule has 0 bridgehead atoms. The van der Waals surface area contributed by atoms with Crippen molar-refractivity contribution in [1.82, 2.24) is 29.9 Å². The van der Waals surface area contributed by atoms with E-state index in [0.717, 1.165) is 42.8 Å². The highest BCUT2D eigenvalue weighted by Gasteiger charge is 2.35. The Labute approximate surface area is 207 Å². The Kier molecular flexibility index (Phi) is 5.58. The summed E-state index contributed by atoms with van der Waals surface area (Å²) >= 11 is 1.56. The minimum Gasteiger partial charge on any atom is -0.352 e. The van der Waals surface area contributed by atoms with Crippen molar-refractivity contribution in [3.63, 3.8) is 0 Å². The number of carbonyl (C=O) groups excluding carboxylic acids is 2. The summed E-state index contributed by atoms with van der Waals surface area (Å²) in [5.41, 5.74) is 2.61. The second kappa shape index (κ2) is 8.78. The number of aromatic nitrogens is 5. The van der Waals surface area contributed by atoms with Crippen LogP contribution < -0.4 is 16.0 Å². The zero-order valence-corrected chi connectivity index (χ0v) is 20.8. The van der Waals surface area contributed by atoms with Crippen LogP contribution in [0.1, 0.15) is 64.6 Å². The summed E-state index contributed by atoms with van der Waals surface area (Å²) in [6, 6.07) is 2.07. The molecule has 1 atom stereocenters. The molecule has 0 aromatic carbocycles. The zero-order valence-electron chi connectivity index (χ0n) is 20.0. The van der Waals surface area contributed by atoms with Gasteiger partial charge >= 0.3 is 0 Å². The van der Waals surface area contributed by atoms with Gasteiger partial charge in [-0.3, -0.25) is 18.8 Å². The van der Waals surface area contributed by atoms with Gasteiger partial charge in [0.25, 0.3) is 5.91 Å². The highest BCUT2D eigenvalue weighted by molar-refractivity contribution is 7.17. The maximum Gasteiger partial charge on any atom is 0.254 e. The van der Waals surface area contributed by atoms with E-state index < -0.39 is 0 Å². The van der Waals surface area contributed by atoms with E-state index in [2.05, 4.69) is 35.8 Å². The minimum atomic E-state index is -0.0754. The van der Waals surface area contributed by atoms with Crippen LogP contribution in [0.2, 0.25) is 0 Å². The average Bonchev–Trinajstić information content (AvgIpc) is 3.74. The van der Waals surface area contributed by atoms with Gasteiger partial charge in [0.15, 0.2) is 0 Å². The summed E-state index contributed by atoms with van der Waals surface area (Å²) in [5.74, 6) is 2.13. The molecule has 3 heterocycles. The standard InChI is InChI=1S/C24H30N8O2S/c1-13-9-19(31(2)30-13)27-24-29-26-12-32(24)16-7-8-18-17(10-16)20(22(34)25-11-14-3-4-14)23(35-18)28-21(33)15-5-6-15/h9,12,14-16H,3-8,10-11H2,1-2H3,(H,25,34)(H,27,29)(H,28,33)/t16-/m1/s1. The SMILES string of the molecule is Cc1cc(Nc2nncn2[C@@H]2CCc3sc(NC(=O)C4CC4)c(C(=O)NCC4CC4)c3C2)n(C)n1. The monoisotopic (exact) mass is 494 g/mol. The van der Waals surface area contributed by atoms with E-state index in [4.69, 9.17) is 0 Å². The fraction of sp³-hybridized carbons (Fsp3) is 0.542. The number of anilines is 3. The van der Waals surface area contributed by atoms with Crippen molar-refractivity contribution >= 4 is 39.9 Å². The highest BCUT2D eigenvalue weighted by Crippen LogP contribution is 2.42. The fourth-order valence-corrected chi connectivity index (χ4v) is 6.02. The number of hydrogen-bond acceptors (Lipinski definition) is 7. The quantitative estimate of drug-likeness (QED) is 0.442. The lowest BCUT2D eigenvalue weighted by Gasteiger charge is -2.25. The van der Waals surface area contributed by atoms with Crippen molar-refractivity contribution in [3.8, 4) is 0 Å². The Morgan fingerprint density at radius 3 is 2.74 bits per heavy atom. The van der Waals surface area contributed by atoms with Crippen molar-refractivity contribution in [2.75, 3.05) is 17.2 Å². The molecule has 0 saturated heterocycles. The average molecular weight is 495 g/mol. The van der Waals surface area contributed by atoms with Crippen LogP contribution in [-0.4, -0.2) is 42.9 Å². The molecule has 3 aromatic rings. The maximum absolute atomic E-state index is 13.3. The van der Waals surface area contributed by atoms with Crippen LogP contribution in [0.3, 0.4) is 0 Å². The normalized spacial score (nSPS) is 19.3. The van der Waals surface area contributed by atoms with Crippen molar-refractivity contribution in [3.05, 3.63) is 34.1 Å². The Morgan fingerprint density at radius 1 is 1.20 bits per heavy atom. The van der Waals surface area contributed by atoms with Crippen LogP contribution in [0.4, 0.5) is 16.8 Å². The number of thiophene rings is 1. The first-order chi connectivity index (χ1) is 17.0. The number of carbonyl (C=O) groups is 2. The molecule has 0 aliphatic heterocycles. The molecule has 10 nitrogen and oxygen atoms in total. The Morgan fingerprint density at radius 2 is 2.03 bits per heavy atom. The zero-order chi connectivity index (χ0) is 24.1. The smallest absolute Gasteiger partial charge is 0.254 e. The number of nitrogens with zero attached hydrogens (tertiary/aromatic N) is 5. The molecule has 3 aromatic heterocycles. The van der Waals surface area contributed by atoms with Gasteiger partial charge in [0.2, 0.25) is 11.9 Å². The molecule has 6 rings (SSSR count). The first-order valence-corrected chi connectivity index (χ1v) is 13.2. The van der Waals surface area contributed by atoms with Gasteiger partial charge in [0, 0.05) is 36.5 Å². The number of aryl methyl sites for hydroxylation is 3. The van der Waals surface area contributed by atoms with Crippen molar-refractivity contribution in [2.24, 2.45) is 18.9 Å². The molecule has 2 amide bonds. The molecule has 2 saturated carbocycles. The summed E-state index contributed by atoms with van der Waals surface area (Å²) < 4.78 is 3.83. The first-order valence-electron chi connectivity index (χ1n) is 12.4. The van der Waals surface area contributed by atoms with Gasteiger partial charge in [-0.25, -0.2) is 0 Å². The van der Waals surface area contributed by atoms with Gasteiger partial charge in [0.1, 0.15) is 17.1 Å². The molecule has 11 heteroatoms. The molecule has 2 fully saturated rings.